The molecule has 0 aliphatic carbocycles. The smallest absolute Gasteiger partial charge is 0.0540 e. The van der Waals surface area contributed by atoms with Gasteiger partial charge in [-0.05, 0) is 79.9 Å². The molecule has 0 aliphatic rings. The van der Waals surface area contributed by atoms with E-state index < -0.39 is 0 Å². The Morgan fingerprint density at radius 3 is 1.49 bits per heavy atom. The minimum Gasteiger partial charge on any atom is -0.310 e. The maximum absolute atomic E-state index is 2.39. The largest absolute Gasteiger partial charge is 0.310 e. The molecule has 0 saturated heterocycles. The van der Waals surface area contributed by atoms with E-state index in [0.717, 1.165) is 17.1 Å². The highest BCUT2D eigenvalue weighted by molar-refractivity contribution is 6.01. The second-order valence-electron chi connectivity index (χ2n) is 11.4. The first kappa shape index (κ1) is 26.7. The Bertz CT molecular complexity index is 2240. The van der Waals surface area contributed by atoms with E-state index in [2.05, 4.69) is 193 Å². The first-order valence-electron chi connectivity index (χ1n) is 15.4. The molecule has 0 N–H and O–H groups in total. The van der Waals surface area contributed by atoms with E-state index >= 15 is 0 Å². The van der Waals surface area contributed by atoms with Crippen LogP contribution >= 0.6 is 0 Å². The average Bonchev–Trinajstić information content (AvgIpc) is 3.12. The Morgan fingerprint density at radius 2 is 0.778 bits per heavy atom. The van der Waals surface area contributed by atoms with Crippen LogP contribution in [0, 0.1) is 0 Å². The zero-order valence-electron chi connectivity index (χ0n) is 24.8. The molecular weight excluding hydrogens is 542 g/mol. The standard InChI is InChI=1S/C44H31N/c1-2-11-32(12-3-1)33-23-25-34(26-24-33)35-27-29-39(30-28-35)45(44-22-10-16-37-14-5-7-20-43(37)44)40-18-8-17-38(31-40)42-21-9-15-36-13-4-6-19-41(36)42/h1-31H. The number of rotatable bonds is 6. The van der Waals surface area contributed by atoms with Gasteiger partial charge < -0.3 is 4.90 Å². The zero-order valence-corrected chi connectivity index (χ0v) is 24.8. The predicted molar refractivity (Wildman–Crippen MR) is 192 cm³/mol. The molecule has 0 bridgehead atoms. The Labute approximate surface area is 264 Å². The quantitative estimate of drug-likeness (QED) is 0.191. The molecule has 8 aromatic rings. The molecule has 0 aliphatic heterocycles. The van der Waals surface area contributed by atoms with E-state index in [1.54, 1.807) is 0 Å². The lowest BCUT2D eigenvalue weighted by molar-refractivity contribution is 1.30. The van der Waals surface area contributed by atoms with E-state index in [9.17, 15) is 0 Å². The van der Waals surface area contributed by atoms with E-state index in [1.807, 2.05) is 0 Å². The molecule has 0 heterocycles. The van der Waals surface area contributed by atoms with Crippen LogP contribution in [0.25, 0.3) is 54.9 Å². The van der Waals surface area contributed by atoms with Crippen molar-refractivity contribution in [2.45, 2.75) is 0 Å². The summed E-state index contributed by atoms with van der Waals surface area (Å²) in [7, 11) is 0. The topological polar surface area (TPSA) is 3.24 Å². The molecule has 0 atom stereocenters. The molecule has 0 fully saturated rings. The lowest BCUT2D eigenvalue weighted by Gasteiger charge is -2.27. The van der Waals surface area contributed by atoms with Gasteiger partial charge in [-0.1, -0.05) is 158 Å². The van der Waals surface area contributed by atoms with Gasteiger partial charge in [-0.2, -0.15) is 0 Å². The van der Waals surface area contributed by atoms with Crippen LogP contribution < -0.4 is 4.90 Å². The molecule has 8 aromatic carbocycles. The van der Waals surface area contributed by atoms with Crippen molar-refractivity contribution in [2.75, 3.05) is 4.90 Å². The van der Waals surface area contributed by atoms with Gasteiger partial charge in [-0.3, -0.25) is 0 Å². The minimum absolute atomic E-state index is 1.12. The fourth-order valence-corrected chi connectivity index (χ4v) is 6.41. The first-order valence-corrected chi connectivity index (χ1v) is 15.4. The van der Waals surface area contributed by atoms with Crippen molar-refractivity contribution in [3.05, 3.63) is 188 Å². The second-order valence-corrected chi connectivity index (χ2v) is 11.4. The van der Waals surface area contributed by atoms with Crippen molar-refractivity contribution >= 4 is 38.6 Å². The summed E-state index contributed by atoms with van der Waals surface area (Å²) in [6.45, 7) is 0. The first-order chi connectivity index (χ1) is 22.3. The molecule has 0 radical (unpaired) electrons. The van der Waals surface area contributed by atoms with Crippen molar-refractivity contribution in [3.8, 4) is 33.4 Å². The van der Waals surface area contributed by atoms with Crippen LogP contribution in [0.5, 0.6) is 0 Å². The van der Waals surface area contributed by atoms with Gasteiger partial charge in [0, 0.05) is 16.8 Å². The van der Waals surface area contributed by atoms with Gasteiger partial charge in [0.2, 0.25) is 0 Å². The van der Waals surface area contributed by atoms with Gasteiger partial charge in [0.25, 0.3) is 0 Å². The summed E-state index contributed by atoms with van der Waals surface area (Å²) in [6.07, 6.45) is 0. The second kappa shape index (κ2) is 11.6. The van der Waals surface area contributed by atoms with Gasteiger partial charge in [0.05, 0.1) is 5.69 Å². The third-order valence-corrected chi connectivity index (χ3v) is 8.66. The summed E-state index contributed by atoms with van der Waals surface area (Å²) in [6, 6.07) is 67.6. The van der Waals surface area contributed by atoms with Crippen molar-refractivity contribution in [1.82, 2.24) is 0 Å². The molecule has 1 heteroatoms. The maximum atomic E-state index is 2.39. The van der Waals surface area contributed by atoms with Crippen LogP contribution in [0.3, 0.4) is 0 Å². The normalized spacial score (nSPS) is 11.1. The Balaban J connectivity index is 1.22. The Morgan fingerprint density at radius 1 is 0.289 bits per heavy atom. The molecule has 0 spiro atoms. The number of anilines is 3. The van der Waals surface area contributed by atoms with Gasteiger partial charge in [-0.15, -0.1) is 0 Å². The molecule has 212 valence electrons. The highest BCUT2D eigenvalue weighted by Crippen LogP contribution is 2.41. The van der Waals surface area contributed by atoms with Gasteiger partial charge in [0.1, 0.15) is 0 Å². The van der Waals surface area contributed by atoms with E-state index in [4.69, 9.17) is 0 Å². The number of fused-ring (bicyclic) bond motifs is 2. The molecule has 0 aromatic heterocycles. The highest BCUT2D eigenvalue weighted by atomic mass is 15.1. The number of nitrogens with zero attached hydrogens (tertiary/aromatic N) is 1. The SMILES string of the molecule is c1ccc(-c2ccc(-c3ccc(N(c4cccc(-c5cccc6ccccc56)c4)c4cccc5ccccc45)cc3)cc2)cc1. The number of hydrogen-bond acceptors (Lipinski definition) is 1. The third-order valence-electron chi connectivity index (χ3n) is 8.66. The van der Waals surface area contributed by atoms with E-state index in [-0.39, 0.29) is 0 Å². The molecular formula is C44H31N. The van der Waals surface area contributed by atoms with Crippen molar-refractivity contribution in [3.63, 3.8) is 0 Å². The lowest BCUT2D eigenvalue weighted by atomic mass is 9.97. The van der Waals surface area contributed by atoms with Crippen LogP contribution in [0.15, 0.2) is 188 Å². The summed E-state index contributed by atoms with van der Waals surface area (Å²) < 4.78 is 0. The molecule has 0 amide bonds. The third kappa shape index (κ3) is 5.15. The summed E-state index contributed by atoms with van der Waals surface area (Å²) in [5.74, 6) is 0. The molecule has 1 nitrogen and oxygen atoms in total. The Hall–Kier alpha value is -5.92. The predicted octanol–water partition coefficient (Wildman–Crippen LogP) is 12.5. The van der Waals surface area contributed by atoms with Crippen LogP contribution in [0.1, 0.15) is 0 Å². The fraction of sp³-hybridized carbons (Fsp3) is 0. The fourth-order valence-electron chi connectivity index (χ4n) is 6.41. The average molecular weight is 574 g/mol. The molecule has 45 heavy (non-hydrogen) atoms. The monoisotopic (exact) mass is 573 g/mol. The molecule has 0 saturated carbocycles. The maximum Gasteiger partial charge on any atom is 0.0540 e. The van der Waals surface area contributed by atoms with Crippen molar-refractivity contribution in [1.29, 1.82) is 0 Å². The highest BCUT2D eigenvalue weighted by Gasteiger charge is 2.17. The summed E-state index contributed by atoms with van der Waals surface area (Å²) in [5.41, 5.74) is 10.7. The number of benzene rings is 8. The van der Waals surface area contributed by atoms with E-state index in [0.29, 0.717) is 0 Å². The zero-order chi connectivity index (χ0) is 30.0. The summed E-state index contributed by atoms with van der Waals surface area (Å²) in [4.78, 5) is 2.39. The van der Waals surface area contributed by atoms with Crippen LogP contribution in [-0.2, 0) is 0 Å². The van der Waals surface area contributed by atoms with Crippen LogP contribution in [0.2, 0.25) is 0 Å². The summed E-state index contributed by atoms with van der Waals surface area (Å²) in [5, 5.41) is 4.95. The molecule has 8 rings (SSSR count). The Kier molecular flexibility index (Phi) is 6.90. The van der Waals surface area contributed by atoms with E-state index in [1.165, 1.54) is 54.9 Å². The van der Waals surface area contributed by atoms with Gasteiger partial charge in [-0.25, -0.2) is 0 Å². The number of hydrogen-bond donors (Lipinski definition) is 0. The van der Waals surface area contributed by atoms with Crippen LogP contribution in [-0.4, -0.2) is 0 Å². The van der Waals surface area contributed by atoms with Crippen LogP contribution in [0.4, 0.5) is 17.1 Å². The van der Waals surface area contributed by atoms with Gasteiger partial charge in [0.15, 0.2) is 0 Å². The minimum atomic E-state index is 1.12. The summed E-state index contributed by atoms with van der Waals surface area (Å²) >= 11 is 0. The lowest BCUT2D eigenvalue weighted by Crippen LogP contribution is -2.10. The van der Waals surface area contributed by atoms with Crippen molar-refractivity contribution < 1.29 is 0 Å². The van der Waals surface area contributed by atoms with Gasteiger partial charge >= 0.3 is 0 Å². The van der Waals surface area contributed by atoms with Crippen molar-refractivity contribution in [2.24, 2.45) is 0 Å². The molecule has 0 unspecified atom stereocenters.